The molecule has 0 amide bonds. The fourth-order valence-electron chi connectivity index (χ4n) is 4.27. The van der Waals surface area contributed by atoms with Crippen molar-refractivity contribution in [3.8, 4) is 22.3 Å². The van der Waals surface area contributed by atoms with Crippen LogP contribution >= 0.6 is 0 Å². The Labute approximate surface area is 171 Å². The molecule has 1 heterocycles. The lowest BCUT2D eigenvalue weighted by atomic mass is 9.92. The van der Waals surface area contributed by atoms with E-state index in [1.807, 2.05) is 0 Å². The van der Waals surface area contributed by atoms with E-state index >= 15 is 0 Å². The Balaban J connectivity index is 1.69. The van der Waals surface area contributed by atoms with Crippen LogP contribution in [0, 0.1) is 20.8 Å². The van der Waals surface area contributed by atoms with Crippen LogP contribution in [0.3, 0.4) is 0 Å². The summed E-state index contributed by atoms with van der Waals surface area (Å²) in [6, 6.07) is 30.5. The molecule has 0 aliphatic carbocycles. The maximum absolute atomic E-state index is 4.90. The second kappa shape index (κ2) is 6.86. The van der Waals surface area contributed by atoms with Crippen molar-refractivity contribution in [2.75, 3.05) is 0 Å². The van der Waals surface area contributed by atoms with Crippen LogP contribution in [0.2, 0.25) is 0 Å². The third-order valence-corrected chi connectivity index (χ3v) is 5.90. The van der Waals surface area contributed by atoms with Crippen LogP contribution in [0.25, 0.3) is 43.9 Å². The van der Waals surface area contributed by atoms with Gasteiger partial charge in [-0.15, -0.1) is 0 Å². The summed E-state index contributed by atoms with van der Waals surface area (Å²) in [6.45, 7) is 6.45. The minimum atomic E-state index is 1.05. The summed E-state index contributed by atoms with van der Waals surface area (Å²) in [5, 5.41) is 3.71. The van der Waals surface area contributed by atoms with Gasteiger partial charge in [0.1, 0.15) is 0 Å². The van der Waals surface area contributed by atoms with Crippen molar-refractivity contribution in [1.82, 2.24) is 4.98 Å². The van der Waals surface area contributed by atoms with Crippen LogP contribution in [0.1, 0.15) is 16.8 Å². The first-order valence-corrected chi connectivity index (χ1v) is 10.1. The lowest BCUT2D eigenvalue weighted by Crippen LogP contribution is -1.90. The fourth-order valence-corrected chi connectivity index (χ4v) is 4.27. The molecule has 0 radical (unpaired) electrons. The smallest absolute Gasteiger partial charge is 0.0717 e. The molecule has 0 unspecified atom stereocenters. The molecule has 0 saturated carbocycles. The van der Waals surface area contributed by atoms with E-state index in [-0.39, 0.29) is 0 Å². The van der Waals surface area contributed by atoms with Crippen LogP contribution in [-0.2, 0) is 0 Å². The molecule has 4 aromatic carbocycles. The monoisotopic (exact) mass is 373 g/mol. The highest BCUT2D eigenvalue weighted by atomic mass is 14.7. The molecular formula is C28H23N. The SMILES string of the molecule is Cc1ccccc1-c1cc(-c2ccc3c(c2)nc(C)c2ccccc23)ccc1C. The van der Waals surface area contributed by atoms with Gasteiger partial charge in [-0.25, -0.2) is 0 Å². The maximum atomic E-state index is 4.90. The van der Waals surface area contributed by atoms with Gasteiger partial charge in [0.2, 0.25) is 0 Å². The standard InChI is InChI=1S/C28H23N/c1-18-8-4-5-9-23(18)27-16-21(13-12-19(27)2)22-14-15-26-25-11-7-6-10-24(25)20(3)29-28(26)17-22/h4-17H,1-3H3. The van der Waals surface area contributed by atoms with E-state index in [4.69, 9.17) is 4.98 Å². The molecule has 0 bridgehead atoms. The van der Waals surface area contributed by atoms with Crippen molar-refractivity contribution in [3.05, 3.63) is 102 Å². The van der Waals surface area contributed by atoms with E-state index < -0.39 is 0 Å². The zero-order valence-electron chi connectivity index (χ0n) is 17.0. The summed E-state index contributed by atoms with van der Waals surface area (Å²) in [4.78, 5) is 4.90. The van der Waals surface area contributed by atoms with Crippen LogP contribution < -0.4 is 0 Å². The highest BCUT2D eigenvalue weighted by Crippen LogP contribution is 2.33. The van der Waals surface area contributed by atoms with Gasteiger partial charge in [-0.05, 0) is 71.7 Å². The summed E-state index contributed by atoms with van der Waals surface area (Å²) >= 11 is 0. The molecule has 5 rings (SSSR count). The highest BCUT2D eigenvalue weighted by Gasteiger charge is 2.10. The quantitative estimate of drug-likeness (QED) is 0.290. The largest absolute Gasteiger partial charge is 0.252 e. The molecule has 1 heteroatoms. The summed E-state index contributed by atoms with van der Waals surface area (Å²) in [5.41, 5.74) is 9.75. The minimum absolute atomic E-state index is 1.05. The van der Waals surface area contributed by atoms with Gasteiger partial charge in [0.05, 0.1) is 5.52 Å². The number of aryl methyl sites for hydroxylation is 3. The fraction of sp³-hybridized carbons (Fsp3) is 0.107. The summed E-state index contributed by atoms with van der Waals surface area (Å²) in [5.74, 6) is 0. The van der Waals surface area contributed by atoms with Gasteiger partial charge in [-0.1, -0.05) is 72.8 Å². The number of nitrogens with zero attached hydrogens (tertiary/aromatic N) is 1. The number of hydrogen-bond acceptors (Lipinski definition) is 1. The van der Waals surface area contributed by atoms with Crippen LogP contribution in [-0.4, -0.2) is 4.98 Å². The zero-order chi connectivity index (χ0) is 20.0. The van der Waals surface area contributed by atoms with Gasteiger partial charge in [-0.2, -0.15) is 0 Å². The highest BCUT2D eigenvalue weighted by molar-refractivity contribution is 6.07. The Hall–Kier alpha value is -3.45. The molecule has 0 spiro atoms. The molecular weight excluding hydrogens is 350 g/mol. The second-order valence-electron chi connectivity index (χ2n) is 7.82. The number of pyridine rings is 1. The normalized spacial score (nSPS) is 11.3. The molecule has 1 aromatic heterocycles. The van der Waals surface area contributed by atoms with Gasteiger partial charge >= 0.3 is 0 Å². The molecule has 1 nitrogen and oxygen atoms in total. The number of aromatic nitrogens is 1. The Kier molecular flexibility index (Phi) is 4.17. The molecule has 5 aromatic rings. The topological polar surface area (TPSA) is 12.9 Å². The molecule has 0 atom stereocenters. The lowest BCUT2D eigenvalue weighted by molar-refractivity contribution is 1.29. The number of fused-ring (bicyclic) bond motifs is 3. The number of hydrogen-bond donors (Lipinski definition) is 0. The van der Waals surface area contributed by atoms with Crippen molar-refractivity contribution in [2.24, 2.45) is 0 Å². The van der Waals surface area contributed by atoms with E-state index in [1.54, 1.807) is 0 Å². The molecule has 0 saturated heterocycles. The van der Waals surface area contributed by atoms with Crippen molar-refractivity contribution >= 4 is 21.7 Å². The maximum Gasteiger partial charge on any atom is 0.0717 e. The minimum Gasteiger partial charge on any atom is -0.252 e. The van der Waals surface area contributed by atoms with Crippen molar-refractivity contribution in [3.63, 3.8) is 0 Å². The van der Waals surface area contributed by atoms with Crippen molar-refractivity contribution in [2.45, 2.75) is 20.8 Å². The summed E-state index contributed by atoms with van der Waals surface area (Å²) < 4.78 is 0. The van der Waals surface area contributed by atoms with Crippen LogP contribution in [0.5, 0.6) is 0 Å². The third-order valence-electron chi connectivity index (χ3n) is 5.90. The Morgan fingerprint density at radius 2 is 1.17 bits per heavy atom. The summed E-state index contributed by atoms with van der Waals surface area (Å²) in [7, 11) is 0. The van der Waals surface area contributed by atoms with E-state index in [0.29, 0.717) is 0 Å². The zero-order valence-corrected chi connectivity index (χ0v) is 17.0. The Morgan fingerprint density at radius 3 is 2.00 bits per heavy atom. The number of benzene rings is 4. The molecule has 0 fully saturated rings. The molecule has 0 aliphatic rings. The first-order valence-electron chi connectivity index (χ1n) is 10.1. The first kappa shape index (κ1) is 17.6. The predicted molar refractivity (Wildman–Crippen MR) is 124 cm³/mol. The van der Waals surface area contributed by atoms with Gasteiger partial charge in [0.25, 0.3) is 0 Å². The summed E-state index contributed by atoms with van der Waals surface area (Å²) in [6.07, 6.45) is 0. The lowest BCUT2D eigenvalue weighted by Gasteiger charge is -2.13. The van der Waals surface area contributed by atoms with E-state index in [1.165, 1.54) is 49.5 Å². The van der Waals surface area contributed by atoms with Gasteiger partial charge in [0.15, 0.2) is 0 Å². The average molecular weight is 373 g/mol. The molecule has 0 aliphatic heterocycles. The van der Waals surface area contributed by atoms with Crippen molar-refractivity contribution < 1.29 is 0 Å². The van der Waals surface area contributed by atoms with Gasteiger partial charge in [-0.3, -0.25) is 4.98 Å². The molecule has 140 valence electrons. The Morgan fingerprint density at radius 1 is 0.517 bits per heavy atom. The molecule has 29 heavy (non-hydrogen) atoms. The number of rotatable bonds is 2. The predicted octanol–water partition coefficient (Wildman–Crippen LogP) is 7.65. The van der Waals surface area contributed by atoms with E-state index in [2.05, 4.69) is 106 Å². The first-order chi connectivity index (χ1) is 14.1. The molecule has 0 N–H and O–H groups in total. The average Bonchev–Trinajstić information content (AvgIpc) is 2.74. The second-order valence-corrected chi connectivity index (χ2v) is 7.82. The van der Waals surface area contributed by atoms with E-state index in [9.17, 15) is 0 Å². The van der Waals surface area contributed by atoms with Crippen LogP contribution in [0.15, 0.2) is 84.9 Å². The van der Waals surface area contributed by atoms with Gasteiger partial charge in [0, 0.05) is 16.5 Å². The Bertz CT molecular complexity index is 1380. The van der Waals surface area contributed by atoms with Gasteiger partial charge < -0.3 is 0 Å². The third kappa shape index (κ3) is 3.00. The van der Waals surface area contributed by atoms with Crippen LogP contribution in [0.4, 0.5) is 0 Å². The van der Waals surface area contributed by atoms with E-state index in [0.717, 1.165) is 11.2 Å². The van der Waals surface area contributed by atoms with Crippen molar-refractivity contribution in [1.29, 1.82) is 0 Å².